The van der Waals surface area contributed by atoms with Gasteiger partial charge in [0.15, 0.2) is 11.5 Å². The highest BCUT2D eigenvalue weighted by Crippen LogP contribution is 2.34. The van der Waals surface area contributed by atoms with E-state index in [1.54, 1.807) is 7.11 Å². The number of nitrogens with one attached hydrogen (secondary N) is 1. The van der Waals surface area contributed by atoms with Crippen molar-refractivity contribution in [1.29, 1.82) is 0 Å². The molecule has 2 aromatic heterocycles. The van der Waals surface area contributed by atoms with Crippen molar-refractivity contribution in [2.24, 2.45) is 0 Å². The summed E-state index contributed by atoms with van der Waals surface area (Å²) in [5, 5.41) is 3.77. The van der Waals surface area contributed by atoms with Gasteiger partial charge in [-0.3, -0.25) is 4.79 Å². The van der Waals surface area contributed by atoms with Crippen molar-refractivity contribution in [2.75, 3.05) is 13.7 Å². The number of aromatic amines is 1. The highest BCUT2D eigenvalue weighted by atomic mass is 32.1. The minimum Gasteiger partial charge on any atom is -0.493 e. The van der Waals surface area contributed by atoms with Crippen molar-refractivity contribution in [1.82, 2.24) is 9.97 Å². The summed E-state index contributed by atoms with van der Waals surface area (Å²) < 4.78 is 16.4. The van der Waals surface area contributed by atoms with Crippen molar-refractivity contribution in [3.8, 4) is 22.1 Å². The topological polar surface area (TPSA) is 73.4 Å². The molecule has 2 heterocycles. The molecule has 2 aromatic carbocycles. The Labute approximate surface area is 178 Å². The largest absolute Gasteiger partial charge is 0.493 e. The van der Waals surface area contributed by atoms with Crippen LogP contribution in [-0.2, 0) is 22.6 Å². The Kier molecular flexibility index (Phi) is 5.99. The van der Waals surface area contributed by atoms with Gasteiger partial charge in [0.1, 0.15) is 11.6 Å². The van der Waals surface area contributed by atoms with Gasteiger partial charge in [0.2, 0.25) is 0 Å². The molecule has 0 unspecified atom stereocenters. The number of benzene rings is 2. The number of hydrogen-bond acceptors (Lipinski definition) is 6. The third kappa shape index (κ3) is 4.31. The highest BCUT2D eigenvalue weighted by molar-refractivity contribution is 7.13. The first-order valence-electron chi connectivity index (χ1n) is 9.64. The molecule has 4 aromatic rings. The van der Waals surface area contributed by atoms with Gasteiger partial charge < -0.3 is 19.2 Å². The Hall–Kier alpha value is -3.32. The summed E-state index contributed by atoms with van der Waals surface area (Å²) in [6.07, 6.45) is 2.07. The Balaban J connectivity index is 1.39. The molecular weight excluding hydrogens is 400 g/mol. The Morgan fingerprint density at radius 1 is 1.17 bits per heavy atom. The van der Waals surface area contributed by atoms with Gasteiger partial charge in [0.25, 0.3) is 0 Å². The summed E-state index contributed by atoms with van der Waals surface area (Å²) in [6.45, 7) is 2.65. The van der Waals surface area contributed by atoms with Gasteiger partial charge in [0.05, 0.1) is 25.8 Å². The van der Waals surface area contributed by atoms with E-state index in [9.17, 15) is 4.79 Å². The van der Waals surface area contributed by atoms with Crippen molar-refractivity contribution in [3.05, 3.63) is 65.3 Å². The zero-order valence-electron chi connectivity index (χ0n) is 16.8. The second-order valence-corrected chi connectivity index (χ2v) is 7.50. The molecule has 7 heteroatoms. The number of rotatable bonds is 8. The number of thiazole rings is 1. The molecule has 0 aliphatic carbocycles. The van der Waals surface area contributed by atoms with Gasteiger partial charge in [-0.15, -0.1) is 11.3 Å². The van der Waals surface area contributed by atoms with Crippen LogP contribution in [-0.4, -0.2) is 29.7 Å². The molecule has 6 nitrogen and oxygen atoms in total. The number of H-pyrrole nitrogens is 1. The lowest BCUT2D eigenvalue weighted by Crippen LogP contribution is -2.07. The zero-order chi connectivity index (χ0) is 20.9. The molecule has 0 aliphatic heterocycles. The predicted octanol–water partition coefficient (Wildman–Crippen LogP) is 4.98. The van der Waals surface area contributed by atoms with E-state index in [-0.39, 0.29) is 19.0 Å². The lowest BCUT2D eigenvalue weighted by molar-refractivity contribution is -0.144. The van der Waals surface area contributed by atoms with Gasteiger partial charge in [-0.25, -0.2) is 4.98 Å². The van der Waals surface area contributed by atoms with E-state index in [1.807, 2.05) is 61.0 Å². The summed E-state index contributed by atoms with van der Waals surface area (Å²) in [7, 11) is 1.61. The van der Waals surface area contributed by atoms with E-state index in [4.69, 9.17) is 14.2 Å². The average molecular weight is 423 g/mol. The fraction of sp³-hybridized carbons (Fsp3) is 0.217. The van der Waals surface area contributed by atoms with Gasteiger partial charge in [0, 0.05) is 28.0 Å². The number of fused-ring (bicyclic) bond motifs is 1. The molecular formula is C23H22N2O4S. The second-order valence-electron chi connectivity index (χ2n) is 6.64. The molecule has 0 amide bonds. The second kappa shape index (κ2) is 9.00. The number of hydrogen-bond donors (Lipinski definition) is 1. The smallest absolute Gasteiger partial charge is 0.310 e. The molecule has 0 saturated heterocycles. The van der Waals surface area contributed by atoms with Crippen LogP contribution in [0, 0.1) is 0 Å². The van der Waals surface area contributed by atoms with E-state index in [0.717, 1.165) is 32.7 Å². The number of methoxy groups -OCH3 is 1. The van der Waals surface area contributed by atoms with Crippen LogP contribution >= 0.6 is 11.3 Å². The maximum atomic E-state index is 12.3. The molecule has 0 fully saturated rings. The molecule has 0 saturated carbocycles. The van der Waals surface area contributed by atoms with Gasteiger partial charge >= 0.3 is 5.97 Å². The molecule has 4 rings (SSSR count). The minimum absolute atomic E-state index is 0.145. The van der Waals surface area contributed by atoms with Crippen LogP contribution in [0.1, 0.15) is 18.2 Å². The van der Waals surface area contributed by atoms with E-state index in [2.05, 4.69) is 9.97 Å². The molecule has 0 bridgehead atoms. The van der Waals surface area contributed by atoms with Crippen molar-refractivity contribution < 1.29 is 19.0 Å². The van der Waals surface area contributed by atoms with Gasteiger partial charge in [-0.1, -0.05) is 18.2 Å². The summed E-state index contributed by atoms with van der Waals surface area (Å²) in [5.41, 5.74) is 3.58. The van der Waals surface area contributed by atoms with Crippen LogP contribution in [0.5, 0.6) is 11.5 Å². The third-order valence-electron chi connectivity index (χ3n) is 4.65. The lowest BCUT2D eigenvalue weighted by Gasteiger charge is -2.09. The standard InChI is InChI=1S/C23H22N2O4S/c1-3-28-20-9-8-15(10-21(20)27-2)23-25-17(14-30-23)13-29-22(26)11-16-12-24-19-7-5-4-6-18(16)19/h4-10,12,14,24H,3,11,13H2,1-2H3. The first-order valence-corrected chi connectivity index (χ1v) is 10.5. The summed E-state index contributed by atoms with van der Waals surface area (Å²) in [5.74, 6) is 1.08. The Morgan fingerprint density at radius 3 is 2.87 bits per heavy atom. The summed E-state index contributed by atoms with van der Waals surface area (Å²) in [6, 6.07) is 13.6. The number of para-hydroxylation sites is 1. The molecule has 30 heavy (non-hydrogen) atoms. The number of carbonyl (C=O) groups is 1. The van der Waals surface area contributed by atoms with Crippen LogP contribution in [0.3, 0.4) is 0 Å². The van der Waals surface area contributed by atoms with Crippen LogP contribution in [0.4, 0.5) is 0 Å². The summed E-state index contributed by atoms with van der Waals surface area (Å²) in [4.78, 5) is 20.1. The molecule has 0 atom stereocenters. The normalized spacial score (nSPS) is 10.9. The van der Waals surface area contributed by atoms with Crippen LogP contribution < -0.4 is 9.47 Å². The SMILES string of the molecule is CCOc1ccc(-c2nc(COC(=O)Cc3c[nH]c4ccccc34)cs2)cc1OC. The Bertz CT molecular complexity index is 1160. The van der Waals surface area contributed by atoms with E-state index in [1.165, 1.54) is 11.3 Å². The lowest BCUT2D eigenvalue weighted by atomic mass is 10.1. The van der Waals surface area contributed by atoms with Crippen LogP contribution in [0.15, 0.2) is 54.0 Å². The molecule has 0 aliphatic rings. The zero-order valence-corrected chi connectivity index (χ0v) is 17.6. The number of nitrogens with zero attached hydrogens (tertiary/aromatic N) is 1. The fourth-order valence-corrected chi connectivity index (χ4v) is 4.02. The van der Waals surface area contributed by atoms with E-state index < -0.39 is 0 Å². The number of ether oxygens (including phenoxy) is 3. The Morgan fingerprint density at radius 2 is 2.03 bits per heavy atom. The third-order valence-corrected chi connectivity index (χ3v) is 5.59. The monoisotopic (exact) mass is 422 g/mol. The van der Waals surface area contributed by atoms with Crippen LogP contribution in [0.2, 0.25) is 0 Å². The maximum Gasteiger partial charge on any atom is 0.310 e. The predicted molar refractivity (Wildman–Crippen MR) is 117 cm³/mol. The van der Waals surface area contributed by atoms with Crippen molar-refractivity contribution in [3.63, 3.8) is 0 Å². The highest BCUT2D eigenvalue weighted by Gasteiger charge is 2.13. The van der Waals surface area contributed by atoms with Gasteiger partial charge in [-0.05, 0) is 36.8 Å². The minimum atomic E-state index is -0.281. The van der Waals surface area contributed by atoms with E-state index >= 15 is 0 Å². The quantitative estimate of drug-likeness (QED) is 0.405. The fourth-order valence-electron chi connectivity index (χ4n) is 3.22. The van der Waals surface area contributed by atoms with Crippen molar-refractivity contribution >= 4 is 28.2 Å². The first kappa shape index (κ1) is 20.0. The number of aromatic nitrogens is 2. The number of esters is 1. The molecule has 154 valence electrons. The number of carbonyl (C=O) groups excluding carboxylic acids is 1. The molecule has 1 N–H and O–H groups in total. The first-order chi connectivity index (χ1) is 14.7. The maximum absolute atomic E-state index is 12.3. The molecule has 0 radical (unpaired) electrons. The summed E-state index contributed by atoms with van der Waals surface area (Å²) >= 11 is 1.50. The van der Waals surface area contributed by atoms with Gasteiger partial charge in [-0.2, -0.15) is 0 Å². The van der Waals surface area contributed by atoms with Crippen LogP contribution in [0.25, 0.3) is 21.5 Å². The van der Waals surface area contributed by atoms with E-state index in [0.29, 0.717) is 18.1 Å². The van der Waals surface area contributed by atoms with Crippen molar-refractivity contribution in [2.45, 2.75) is 20.0 Å². The average Bonchev–Trinajstić information content (AvgIpc) is 3.40. The molecule has 0 spiro atoms.